The van der Waals surface area contributed by atoms with Crippen LogP contribution in [0.4, 0.5) is 0 Å². The predicted molar refractivity (Wildman–Crippen MR) is 44.2 cm³/mol. The molecule has 0 fully saturated rings. The van der Waals surface area contributed by atoms with Gasteiger partial charge in [-0.3, -0.25) is 0 Å². The molecule has 2 aromatic heterocycles. The third kappa shape index (κ3) is 1.10. The summed E-state index contributed by atoms with van der Waals surface area (Å²) < 4.78 is 1.52. The van der Waals surface area contributed by atoms with Gasteiger partial charge < -0.3 is 5.11 Å². The average Bonchev–Trinajstić information content (AvgIpc) is 2.46. The van der Waals surface area contributed by atoms with Crippen LogP contribution in [0.25, 0.3) is 5.78 Å². The number of aromatic nitrogens is 4. The summed E-state index contributed by atoms with van der Waals surface area (Å²) in [5.41, 5.74) is 0. The minimum atomic E-state index is -0.0393. The maximum absolute atomic E-state index is 9.01. The van der Waals surface area contributed by atoms with Crippen LogP contribution >= 0.6 is 11.8 Å². The van der Waals surface area contributed by atoms with E-state index in [1.54, 1.807) is 6.20 Å². The van der Waals surface area contributed by atoms with Crippen LogP contribution in [0.1, 0.15) is 0 Å². The molecule has 1 N–H and O–H groups in total. The van der Waals surface area contributed by atoms with Crippen molar-refractivity contribution >= 4 is 17.5 Å². The Bertz CT molecular complexity index is 413. The largest absolute Gasteiger partial charge is 0.493 e. The Morgan fingerprint density at radius 1 is 1.50 bits per heavy atom. The highest BCUT2D eigenvalue weighted by molar-refractivity contribution is 7.98. The predicted octanol–water partition coefficient (Wildman–Crippen LogP) is 0.552. The van der Waals surface area contributed by atoms with E-state index in [4.69, 9.17) is 5.11 Å². The van der Waals surface area contributed by atoms with Gasteiger partial charge in [0.2, 0.25) is 11.0 Å². The minimum Gasteiger partial charge on any atom is -0.493 e. The molecule has 0 spiro atoms. The fraction of sp³-hybridized carbons (Fsp3) is 0.167. The van der Waals surface area contributed by atoms with Crippen molar-refractivity contribution in [2.24, 2.45) is 0 Å². The first-order valence-corrected chi connectivity index (χ1v) is 4.48. The van der Waals surface area contributed by atoms with Gasteiger partial charge in [-0.05, 0) is 6.26 Å². The first kappa shape index (κ1) is 7.35. The second kappa shape index (κ2) is 2.63. The molecule has 2 rings (SSSR count). The van der Waals surface area contributed by atoms with E-state index in [1.165, 1.54) is 22.3 Å². The Kier molecular flexibility index (Phi) is 1.61. The van der Waals surface area contributed by atoms with Gasteiger partial charge in [0.05, 0.1) is 0 Å². The van der Waals surface area contributed by atoms with Crippen LogP contribution in [0, 0.1) is 0 Å². The molecule has 0 radical (unpaired) electrons. The summed E-state index contributed by atoms with van der Waals surface area (Å²) in [6, 6.07) is 1.46. The molecule has 0 aromatic carbocycles. The van der Waals surface area contributed by atoms with Gasteiger partial charge in [-0.2, -0.15) is 9.97 Å². The number of rotatable bonds is 1. The van der Waals surface area contributed by atoms with E-state index < -0.39 is 0 Å². The molecule has 0 aliphatic rings. The van der Waals surface area contributed by atoms with Gasteiger partial charge in [0, 0.05) is 12.3 Å². The van der Waals surface area contributed by atoms with Crippen LogP contribution in [0.2, 0.25) is 0 Å². The number of hydrogen-bond acceptors (Lipinski definition) is 5. The molecule has 2 heterocycles. The number of hydrogen-bond donors (Lipinski definition) is 1. The molecule has 0 bridgehead atoms. The minimum absolute atomic E-state index is 0.0393. The summed E-state index contributed by atoms with van der Waals surface area (Å²) in [6.45, 7) is 0. The molecule has 6 heteroatoms. The Morgan fingerprint density at radius 2 is 2.33 bits per heavy atom. The lowest BCUT2D eigenvalue weighted by Gasteiger charge is -1.88. The lowest BCUT2D eigenvalue weighted by atomic mass is 10.6. The zero-order valence-corrected chi connectivity index (χ0v) is 7.12. The van der Waals surface area contributed by atoms with Gasteiger partial charge in [-0.25, -0.2) is 4.52 Å². The average molecular weight is 182 g/mol. The quantitative estimate of drug-likeness (QED) is 0.652. The van der Waals surface area contributed by atoms with Crippen molar-refractivity contribution in [3.05, 3.63) is 12.3 Å². The van der Waals surface area contributed by atoms with Crippen LogP contribution in [-0.4, -0.2) is 30.9 Å². The molecule has 0 atom stereocenters. The smallest absolute Gasteiger partial charge is 0.256 e. The lowest BCUT2D eigenvalue weighted by molar-refractivity contribution is 0.453. The molecule has 0 unspecified atom stereocenters. The molecule has 2 aromatic rings. The number of aromatic hydroxyl groups is 1. The van der Waals surface area contributed by atoms with E-state index in [0.717, 1.165) is 0 Å². The number of fused-ring (bicyclic) bond motifs is 1. The highest BCUT2D eigenvalue weighted by Crippen LogP contribution is 2.11. The highest BCUT2D eigenvalue weighted by Gasteiger charge is 2.02. The third-order valence-electron chi connectivity index (χ3n) is 1.36. The summed E-state index contributed by atoms with van der Waals surface area (Å²) in [7, 11) is 0. The monoisotopic (exact) mass is 182 g/mol. The zero-order chi connectivity index (χ0) is 8.55. The van der Waals surface area contributed by atoms with Crippen molar-refractivity contribution in [3.8, 4) is 5.88 Å². The van der Waals surface area contributed by atoms with E-state index in [-0.39, 0.29) is 5.88 Å². The van der Waals surface area contributed by atoms with Gasteiger partial charge in [-0.15, -0.1) is 5.10 Å². The second-order valence-electron chi connectivity index (χ2n) is 2.13. The van der Waals surface area contributed by atoms with Crippen LogP contribution in [0.3, 0.4) is 0 Å². The van der Waals surface area contributed by atoms with Crippen LogP contribution < -0.4 is 0 Å². The fourth-order valence-corrected chi connectivity index (χ4v) is 1.18. The Labute approximate surface area is 72.5 Å². The molecule has 0 aliphatic heterocycles. The summed E-state index contributed by atoms with van der Waals surface area (Å²) in [5.74, 6) is 0.377. The molecule has 12 heavy (non-hydrogen) atoms. The Hall–Kier alpha value is -1.30. The lowest BCUT2D eigenvalue weighted by Crippen LogP contribution is -1.88. The molecule has 0 amide bonds. The first-order valence-electron chi connectivity index (χ1n) is 3.26. The number of thioether (sulfide) groups is 1. The van der Waals surface area contributed by atoms with Crippen molar-refractivity contribution in [1.82, 2.24) is 19.6 Å². The molecule has 0 saturated heterocycles. The van der Waals surface area contributed by atoms with Crippen molar-refractivity contribution in [3.63, 3.8) is 0 Å². The highest BCUT2D eigenvalue weighted by atomic mass is 32.2. The van der Waals surface area contributed by atoms with Crippen molar-refractivity contribution in [1.29, 1.82) is 0 Å². The molecule has 0 saturated carbocycles. The van der Waals surface area contributed by atoms with E-state index in [9.17, 15) is 0 Å². The van der Waals surface area contributed by atoms with Gasteiger partial charge in [0.15, 0.2) is 0 Å². The van der Waals surface area contributed by atoms with E-state index in [1.807, 2.05) is 6.26 Å². The number of nitrogens with zero attached hydrogens (tertiary/aromatic N) is 4. The Balaban J connectivity index is 2.67. The summed E-state index contributed by atoms with van der Waals surface area (Å²) in [5, 5.41) is 13.7. The van der Waals surface area contributed by atoms with Crippen molar-refractivity contribution < 1.29 is 5.11 Å². The second-order valence-corrected chi connectivity index (χ2v) is 2.90. The fourth-order valence-electron chi connectivity index (χ4n) is 0.836. The Morgan fingerprint density at radius 3 is 3.08 bits per heavy atom. The molecule has 0 aliphatic carbocycles. The maximum atomic E-state index is 9.01. The van der Waals surface area contributed by atoms with E-state index >= 15 is 0 Å². The van der Waals surface area contributed by atoms with Crippen LogP contribution in [-0.2, 0) is 0 Å². The SMILES string of the molecule is CSc1nc2nc(O)ccn2n1. The van der Waals surface area contributed by atoms with Crippen LogP contribution in [0.5, 0.6) is 5.88 Å². The standard InChI is InChI=1S/C6H6N4OS/c1-12-6-8-5-7-4(11)2-3-10(5)9-6/h2-3H,1H3,(H,7,8,9,11). The van der Waals surface area contributed by atoms with Gasteiger partial charge in [-0.1, -0.05) is 11.8 Å². The van der Waals surface area contributed by atoms with E-state index in [0.29, 0.717) is 10.9 Å². The normalized spacial score (nSPS) is 10.8. The van der Waals surface area contributed by atoms with E-state index in [2.05, 4.69) is 15.1 Å². The maximum Gasteiger partial charge on any atom is 0.256 e. The first-order chi connectivity index (χ1) is 5.79. The van der Waals surface area contributed by atoms with Gasteiger partial charge in [0.25, 0.3) is 5.78 Å². The molecular formula is C6H6N4OS. The topological polar surface area (TPSA) is 63.3 Å². The van der Waals surface area contributed by atoms with Gasteiger partial charge >= 0.3 is 0 Å². The van der Waals surface area contributed by atoms with Gasteiger partial charge in [0.1, 0.15) is 0 Å². The molecule has 5 nitrogen and oxygen atoms in total. The van der Waals surface area contributed by atoms with Crippen LogP contribution in [0.15, 0.2) is 17.4 Å². The third-order valence-corrected chi connectivity index (χ3v) is 1.89. The summed E-state index contributed by atoms with van der Waals surface area (Å²) >= 11 is 1.44. The molecule has 62 valence electrons. The summed E-state index contributed by atoms with van der Waals surface area (Å²) in [6.07, 6.45) is 3.50. The zero-order valence-electron chi connectivity index (χ0n) is 6.30. The van der Waals surface area contributed by atoms with Crippen molar-refractivity contribution in [2.75, 3.05) is 6.26 Å². The molecular weight excluding hydrogens is 176 g/mol. The van der Waals surface area contributed by atoms with Crippen molar-refractivity contribution in [2.45, 2.75) is 5.16 Å². The summed E-state index contributed by atoms with van der Waals surface area (Å²) in [4.78, 5) is 7.81.